The van der Waals surface area contributed by atoms with Crippen LogP contribution in [0.15, 0.2) is 21.7 Å². The molecule has 0 saturated heterocycles. The third-order valence-electron chi connectivity index (χ3n) is 1.92. The molecule has 0 fully saturated rings. The second kappa shape index (κ2) is 3.17. The van der Waals surface area contributed by atoms with Crippen molar-refractivity contribution >= 4 is 26.8 Å². The maximum atomic E-state index is 10.9. The summed E-state index contributed by atoms with van der Waals surface area (Å²) < 4.78 is 37.0. The second-order valence-electron chi connectivity index (χ2n) is 2.78. The van der Waals surface area contributed by atoms with E-state index in [1.165, 1.54) is 12.1 Å². The molecule has 0 saturated carbocycles. The number of benzene rings is 1. The lowest BCUT2D eigenvalue weighted by Crippen LogP contribution is -2.00. The van der Waals surface area contributed by atoms with Gasteiger partial charge in [0.25, 0.3) is 0 Å². The van der Waals surface area contributed by atoms with Gasteiger partial charge in [0, 0.05) is 7.05 Å². The summed E-state index contributed by atoms with van der Waals surface area (Å²) in [6.07, 6.45) is 0. The van der Waals surface area contributed by atoms with Crippen molar-refractivity contribution in [3.05, 3.63) is 12.1 Å². The van der Waals surface area contributed by atoms with Gasteiger partial charge in [-0.05, 0) is 22.4 Å². The van der Waals surface area contributed by atoms with Gasteiger partial charge in [-0.25, -0.2) is 13.0 Å². The van der Waals surface area contributed by atoms with Crippen LogP contribution in [0.4, 0.5) is 5.69 Å². The van der Waals surface area contributed by atoms with Crippen LogP contribution in [0.1, 0.15) is 0 Å². The Morgan fingerprint density at radius 2 is 2.00 bits per heavy atom. The first-order valence-electron chi connectivity index (χ1n) is 3.93. The van der Waals surface area contributed by atoms with Gasteiger partial charge in [-0.1, -0.05) is 0 Å². The zero-order valence-electron chi connectivity index (χ0n) is 7.59. The zero-order chi connectivity index (χ0) is 11.1. The van der Waals surface area contributed by atoms with E-state index < -0.39 is 15.0 Å². The fourth-order valence-electron chi connectivity index (χ4n) is 1.25. The minimum atomic E-state index is -4.56. The molecule has 7 nitrogen and oxygen atoms in total. The third-order valence-corrected chi connectivity index (χ3v) is 2.79. The minimum Gasteiger partial charge on any atom is -0.744 e. The summed E-state index contributed by atoms with van der Waals surface area (Å²) in [6.45, 7) is 0. The van der Waals surface area contributed by atoms with Crippen LogP contribution in [0, 0.1) is 0 Å². The predicted octanol–water partition coefficient (Wildman–Crippen LogP) is 0.169. The molecule has 1 aromatic carbocycles. The smallest absolute Gasteiger partial charge is 0.159 e. The van der Waals surface area contributed by atoms with Crippen LogP contribution >= 0.6 is 0 Å². The first-order chi connectivity index (χ1) is 7.04. The van der Waals surface area contributed by atoms with Crippen molar-refractivity contribution in [3.8, 4) is 0 Å². The van der Waals surface area contributed by atoms with Crippen LogP contribution < -0.4 is 5.32 Å². The van der Waals surface area contributed by atoms with Crippen molar-refractivity contribution in [1.29, 1.82) is 0 Å². The van der Waals surface area contributed by atoms with Crippen LogP contribution in [0.5, 0.6) is 0 Å². The van der Waals surface area contributed by atoms with E-state index in [0.717, 1.165) is 0 Å². The van der Waals surface area contributed by atoms with E-state index in [-0.39, 0.29) is 11.0 Å². The highest BCUT2D eigenvalue weighted by Crippen LogP contribution is 2.25. The predicted molar refractivity (Wildman–Crippen MR) is 49.3 cm³/mol. The van der Waals surface area contributed by atoms with Crippen molar-refractivity contribution in [1.82, 2.24) is 10.3 Å². The quantitative estimate of drug-likeness (QED) is 0.729. The Labute approximate surface area is 84.8 Å². The van der Waals surface area contributed by atoms with Gasteiger partial charge >= 0.3 is 0 Å². The van der Waals surface area contributed by atoms with Gasteiger partial charge in [-0.15, -0.1) is 0 Å². The van der Waals surface area contributed by atoms with Crippen molar-refractivity contribution in [2.75, 3.05) is 12.4 Å². The molecule has 0 radical (unpaired) electrons. The molecule has 0 aliphatic carbocycles. The lowest BCUT2D eigenvalue weighted by molar-refractivity contribution is 0.315. The minimum absolute atomic E-state index is 0.0585. The first kappa shape index (κ1) is 9.87. The molecule has 0 aliphatic heterocycles. The third kappa shape index (κ3) is 1.53. The van der Waals surface area contributed by atoms with Crippen LogP contribution in [0.25, 0.3) is 11.0 Å². The van der Waals surface area contributed by atoms with E-state index in [9.17, 15) is 13.0 Å². The highest BCUT2D eigenvalue weighted by molar-refractivity contribution is 7.86. The largest absolute Gasteiger partial charge is 0.744 e. The molecule has 15 heavy (non-hydrogen) atoms. The Kier molecular flexibility index (Phi) is 2.09. The van der Waals surface area contributed by atoms with Crippen molar-refractivity contribution in [2.45, 2.75) is 4.90 Å². The number of fused-ring (bicyclic) bond motifs is 1. The summed E-state index contributed by atoms with van der Waals surface area (Å²) in [6, 6.07) is 2.60. The van der Waals surface area contributed by atoms with Crippen molar-refractivity contribution < 1.29 is 17.6 Å². The fraction of sp³-hybridized carbons (Fsp3) is 0.143. The average Bonchev–Trinajstić information content (AvgIpc) is 2.62. The van der Waals surface area contributed by atoms with Crippen LogP contribution in [-0.2, 0) is 10.1 Å². The first-order valence-corrected chi connectivity index (χ1v) is 5.34. The van der Waals surface area contributed by atoms with E-state index >= 15 is 0 Å². The number of nitrogens with zero attached hydrogens (tertiary/aromatic N) is 2. The zero-order valence-corrected chi connectivity index (χ0v) is 8.41. The van der Waals surface area contributed by atoms with Crippen LogP contribution in [0.3, 0.4) is 0 Å². The average molecular weight is 228 g/mol. The molecule has 0 amide bonds. The van der Waals surface area contributed by atoms with E-state index in [4.69, 9.17) is 0 Å². The SMILES string of the molecule is CNc1ccc(S(=O)(=O)[O-])c2nonc12. The molecule has 0 spiro atoms. The summed E-state index contributed by atoms with van der Waals surface area (Å²) in [5, 5.41) is 9.68. The summed E-state index contributed by atoms with van der Waals surface area (Å²) >= 11 is 0. The summed E-state index contributed by atoms with van der Waals surface area (Å²) in [5.74, 6) is 0. The molecule has 80 valence electrons. The lowest BCUT2D eigenvalue weighted by Gasteiger charge is -2.07. The second-order valence-corrected chi connectivity index (χ2v) is 4.12. The Morgan fingerprint density at radius 3 is 2.60 bits per heavy atom. The van der Waals surface area contributed by atoms with Gasteiger partial charge in [0.05, 0.1) is 10.6 Å². The van der Waals surface area contributed by atoms with Gasteiger partial charge in [0.2, 0.25) is 0 Å². The highest BCUT2D eigenvalue weighted by Gasteiger charge is 2.14. The van der Waals surface area contributed by atoms with E-state index in [0.29, 0.717) is 5.69 Å². The molecular formula is C7H6N3O4S-. The molecule has 0 bridgehead atoms. The van der Waals surface area contributed by atoms with Crippen LogP contribution in [-0.4, -0.2) is 30.3 Å². The number of rotatable bonds is 2. The molecule has 0 unspecified atom stereocenters. The van der Waals surface area contributed by atoms with Gasteiger partial charge in [0.15, 0.2) is 11.0 Å². The monoisotopic (exact) mass is 228 g/mol. The van der Waals surface area contributed by atoms with Gasteiger partial charge in [0.1, 0.15) is 10.1 Å². The van der Waals surface area contributed by atoms with Gasteiger partial charge < -0.3 is 9.87 Å². The molecule has 0 aliphatic rings. The standard InChI is InChI=1S/C7H7N3O4S/c1-8-4-2-3-5(15(11,12)13)7-6(4)9-14-10-7/h2-3,8H,1H3,(H,11,12,13)/p-1. The lowest BCUT2D eigenvalue weighted by atomic mass is 10.2. The molecule has 0 atom stereocenters. The summed E-state index contributed by atoms with van der Waals surface area (Å²) in [4.78, 5) is -0.433. The van der Waals surface area contributed by atoms with Gasteiger partial charge in [-0.2, -0.15) is 0 Å². The molecule has 1 aromatic heterocycles. The molecule has 8 heteroatoms. The maximum absolute atomic E-state index is 10.9. The highest BCUT2D eigenvalue weighted by atomic mass is 32.2. The fourth-order valence-corrected chi connectivity index (χ4v) is 1.85. The van der Waals surface area contributed by atoms with E-state index in [2.05, 4.69) is 20.3 Å². The van der Waals surface area contributed by atoms with E-state index in [1.54, 1.807) is 7.05 Å². The summed E-state index contributed by atoms with van der Waals surface area (Å²) in [7, 11) is -2.93. The number of aromatic nitrogens is 2. The van der Waals surface area contributed by atoms with Crippen molar-refractivity contribution in [2.24, 2.45) is 0 Å². The summed E-state index contributed by atoms with van der Waals surface area (Å²) in [5.41, 5.74) is 0.699. The van der Waals surface area contributed by atoms with E-state index in [1.807, 2.05) is 0 Å². The molecule has 2 aromatic rings. The molecule has 1 N–H and O–H groups in total. The Balaban J connectivity index is 2.86. The maximum Gasteiger partial charge on any atom is 0.159 e. The number of nitrogens with one attached hydrogen (secondary N) is 1. The Bertz CT molecular complexity index is 604. The van der Waals surface area contributed by atoms with Gasteiger partial charge in [-0.3, -0.25) is 0 Å². The Morgan fingerprint density at radius 1 is 1.33 bits per heavy atom. The number of hydrogen-bond acceptors (Lipinski definition) is 7. The molecular weight excluding hydrogens is 222 g/mol. The number of hydrogen-bond donors (Lipinski definition) is 1. The normalized spacial score (nSPS) is 11.9. The molecule has 1 heterocycles. The van der Waals surface area contributed by atoms with Crippen LogP contribution in [0.2, 0.25) is 0 Å². The number of anilines is 1. The Hall–Kier alpha value is -1.67. The van der Waals surface area contributed by atoms with Crippen molar-refractivity contribution in [3.63, 3.8) is 0 Å². The molecule has 2 rings (SSSR count). The topological polar surface area (TPSA) is 108 Å².